The molecule has 0 atom stereocenters. The van der Waals surface area contributed by atoms with Crippen molar-refractivity contribution in [3.8, 4) is 5.75 Å². The number of fused-ring (bicyclic) bond motifs is 3. The Labute approximate surface area is 151 Å². The number of nitrogens with zero attached hydrogens (tertiary/aromatic N) is 5. The molecule has 0 bridgehead atoms. The fraction of sp³-hybridized carbons (Fsp3) is 0.176. The van der Waals surface area contributed by atoms with Gasteiger partial charge in [0.25, 0.3) is 0 Å². The maximum Gasteiger partial charge on any atom is 0.351 e. The molecule has 1 aromatic carbocycles. The summed E-state index contributed by atoms with van der Waals surface area (Å²) in [6, 6.07) is 7.67. The zero-order chi connectivity index (χ0) is 17.6. The number of rotatable bonds is 3. The SMILES string of the molecule is COc1ccc(Cn2c(=O)n3ncnc3c3ncc(Br)cc32)c(C)c1. The largest absolute Gasteiger partial charge is 0.497 e. The Kier molecular flexibility index (Phi) is 3.76. The summed E-state index contributed by atoms with van der Waals surface area (Å²) in [4.78, 5) is 21.5. The molecule has 0 fully saturated rings. The highest BCUT2D eigenvalue weighted by atomic mass is 79.9. The number of benzene rings is 1. The average molecular weight is 400 g/mol. The maximum absolute atomic E-state index is 12.9. The molecule has 8 heteroatoms. The minimum atomic E-state index is -0.255. The monoisotopic (exact) mass is 399 g/mol. The molecule has 0 saturated carbocycles. The van der Waals surface area contributed by atoms with Crippen molar-refractivity contribution in [3.05, 3.63) is 62.9 Å². The van der Waals surface area contributed by atoms with E-state index in [1.807, 2.05) is 31.2 Å². The number of hydrogen-bond donors (Lipinski definition) is 0. The van der Waals surface area contributed by atoms with E-state index in [0.717, 1.165) is 21.3 Å². The van der Waals surface area contributed by atoms with Crippen LogP contribution in [0.2, 0.25) is 0 Å². The van der Waals surface area contributed by atoms with Crippen LogP contribution in [0.25, 0.3) is 16.7 Å². The van der Waals surface area contributed by atoms with Crippen LogP contribution >= 0.6 is 15.9 Å². The lowest BCUT2D eigenvalue weighted by Gasteiger charge is -2.13. The fourth-order valence-corrected chi connectivity index (χ4v) is 3.18. The first-order valence-electron chi connectivity index (χ1n) is 7.60. The van der Waals surface area contributed by atoms with Gasteiger partial charge in [0.2, 0.25) is 0 Å². The standard InChI is InChI=1S/C17H14BrN5O2/c1-10-5-13(25-2)4-3-11(10)8-22-14-6-12(18)7-19-15(14)16-20-9-21-23(16)17(22)24/h3-7,9H,8H2,1-2H3. The van der Waals surface area contributed by atoms with Gasteiger partial charge in [-0.3, -0.25) is 4.57 Å². The highest BCUT2D eigenvalue weighted by molar-refractivity contribution is 9.10. The van der Waals surface area contributed by atoms with Crippen LogP contribution in [0.4, 0.5) is 0 Å². The van der Waals surface area contributed by atoms with Gasteiger partial charge >= 0.3 is 5.69 Å². The van der Waals surface area contributed by atoms with Crippen LogP contribution in [0.15, 0.2) is 46.1 Å². The zero-order valence-electron chi connectivity index (χ0n) is 13.6. The van der Waals surface area contributed by atoms with Gasteiger partial charge in [-0.1, -0.05) is 6.07 Å². The molecule has 3 heterocycles. The van der Waals surface area contributed by atoms with E-state index in [-0.39, 0.29) is 5.69 Å². The second kappa shape index (κ2) is 5.96. The maximum atomic E-state index is 12.9. The molecule has 0 amide bonds. The molecule has 0 unspecified atom stereocenters. The van der Waals surface area contributed by atoms with Crippen molar-refractivity contribution in [2.75, 3.05) is 7.11 Å². The number of methoxy groups -OCH3 is 1. The molecule has 3 aromatic heterocycles. The van der Waals surface area contributed by atoms with Crippen LogP contribution < -0.4 is 10.4 Å². The summed E-state index contributed by atoms with van der Waals surface area (Å²) < 4.78 is 8.98. The van der Waals surface area contributed by atoms with Crippen molar-refractivity contribution in [3.63, 3.8) is 0 Å². The van der Waals surface area contributed by atoms with Crippen LogP contribution in [-0.2, 0) is 6.54 Å². The minimum Gasteiger partial charge on any atom is -0.497 e. The van der Waals surface area contributed by atoms with E-state index in [9.17, 15) is 4.79 Å². The Hall–Kier alpha value is -2.74. The number of aromatic nitrogens is 5. The Bertz CT molecular complexity index is 1170. The Morgan fingerprint density at radius 3 is 2.84 bits per heavy atom. The van der Waals surface area contributed by atoms with Gasteiger partial charge < -0.3 is 4.74 Å². The van der Waals surface area contributed by atoms with Gasteiger partial charge in [0.05, 0.1) is 19.2 Å². The molecule has 7 nitrogen and oxygen atoms in total. The van der Waals surface area contributed by atoms with E-state index in [1.54, 1.807) is 17.9 Å². The lowest BCUT2D eigenvalue weighted by atomic mass is 10.1. The molecule has 0 saturated heterocycles. The first-order valence-corrected chi connectivity index (χ1v) is 8.39. The molecule has 0 aliphatic rings. The van der Waals surface area contributed by atoms with Crippen LogP contribution in [-0.4, -0.2) is 31.3 Å². The average Bonchev–Trinajstić information content (AvgIpc) is 3.09. The third-order valence-corrected chi connectivity index (χ3v) is 4.61. The third kappa shape index (κ3) is 2.58. The van der Waals surface area contributed by atoms with Crippen molar-refractivity contribution in [1.82, 2.24) is 24.1 Å². The summed E-state index contributed by atoms with van der Waals surface area (Å²) in [5.74, 6) is 0.787. The van der Waals surface area contributed by atoms with Gasteiger partial charge in [-0.25, -0.2) is 14.8 Å². The number of pyridine rings is 1. The van der Waals surface area contributed by atoms with E-state index >= 15 is 0 Å². The number of halogens is 1. The smallest absolute Gasteiger partial charge is 0.351 e. The molecule has 4 aromatic rings. The van der Waals surface area contributed by atoms with Crippen molar-refractivity contribution in [2.45, 2.75) is 13.5 Å². The van der Waals surface area contributed by atoms with Crippen LogP contribution in [0.1, 0.15) is 11.1 Å². The number of hydrogen-bond acceptors (Lipinski definition) is 5. The molecule has 0 N–H and O–H groups in total. The topological polar surface area (TPSA) is 74.3 Å². The second-order valence-electron chi connectivity index (χ2n) is 5.68. The van der Waals surface area contributed by atoms with Gasteiger partial charge in [-0.15, -0.1) is 0 Å². The molecule has 0 aliphatic carbocycles. The molecular formula is C17H14BrN5O2. The zero-order valence-corrected chi connectivity index (χ0v) is 15.2. The van der Waals surface area contributed by atoms with E-state index in [1.165, 1.54) is 10.8 Å². The van der Waals surface area contributed by atoms with Crippen LogP contribution in [0, 0.1) is 6.92 Å². The van der Waals surface area contributed by atoms with Gasteiger partial charge in [0.15, 0.2) is 5.65 Å². The summed E-state index contributed by atoms with van der Waals surface area (Å²) in [6.45, 7) is 2.40. The molecular weight excluding hydrogens is 386 g/mol. The summed E-state index contributed by atoms with van der Waals surface area (Å²) in [7, 11) is 1.63. The predicted octanol–water partition coefficient (Wildman–Crippen LogP) is 2.57. The third-order valence-electron chi connectivity index (χ3n) is 4.17. The van der Waals surface area contributed by atoms with E-state index in [2.05, 4.69) is 31.0 Å². The molecule has 0 radical (unpaired) electrons. The molecule has 25 heavy (non-hydrogen) atoms. The Balaban J connectivity index is 1.98. The van der Waals surface area contributed by atoms with E-state index in [4.69, 9.17) is 4.74 Å². The lowest BCUT2D eigenvalue weighted by Crippen LogP contribution is -2.28. The Morgan fingerprint density at radius 1 is 1.24 bits per heavy atom. The quantitative estimate of drug-likeness (QED) is 0.529. The number of ether oxygens (including phenoxy) is 1. The van der Waals surface area contributed by atoms with Gasteiger partial charge in [-0.05, 0) is 52.2 Å². The van der Waals surface area contributed by atoms with Crippen molar-refractivity contribution >= 4 is 32.6 Å². The summed E-state index contributed by atoms with van der Waals surface area (Å²) in [5, 5.41) is 4.04. The second-order valence-corrected chi connectivity index (χ2v) is 6.59. The normalized spacial score (nSPS) is 11.3. The minimum absolute atomic E-state index is 0.255. The Morgan fingerprint density at radius 2 is 2.08 bits per heavy atom. The highest BCUT2D eigenvalue weighted by Gasteiger charge is 2.15. The van der Waals surface area contributed by atoms with Crippen molar-refractivity contribution in [2.24, 2.45) is 0 Å². The first kappa shape index (κ1) is 15.8. The molecule has 0 aliphatic heterocycles. The van der Waals surface area contributed by atoms with Crippen LogP contribution in [0.3, 0.4) is 0 Å². The van der Waals surface area contributed by atoms with E-state index in [0.29, 0.717) is 23.2 Å². The summed E-state index contributed by atoms with van der Waals surface area (Å²) in [5.41, 5.74) is 3.59. The van der Waals surface area contributed by atoms with Crippen molar-refractivity contribution < 1.29 is 4.74 Å². The first-order chi connectivity index (χ1) is 12.1. The molecule has 0 spiro atoms. The number of aryl methyl sites for hydroxylation is 1. The van der Waals surface area contributed by atoms with Gasteiger partial charge in [-0.2, -0.15) is 9.61 Å². The fourth-order valence-electron chi connectivity index (χ4n) is 2.86. The van der Waals surface area contributed by atoms with E-state index < -0.39 is 0 Å². The van der Waals surface area contributed by atoms with Crippen LogP contribution in [0.5, 0.6) is 5.75 Å². The van der Waals surface area contributed by atoms with Gasteiger partial charge in [0.1, 0.15) is 17.6 Å². The summed E-state index contributed by atoms with van der Waals surface area (Å²) >= 11 is 3.43. The highest BCUT2D eigenvalue weighted by Crippen LogP contribution is 2.22. The summed E-state index contributed by atoms with van der Waals surface area (Å²) in [6.07, 6.45) is 3.05. The van der Waals surface area contributed by atoms with Gasteiger partial charge in [0, 0.05) is 10.7 Å². The lowest BCUT2D eigenvalue weighted by molar-refractivity contribution is 0.414. The predicted molar refractivity (Wildman–Crippen MR) is 97.1 cm³/mol. The van der Waals surface area contributed by atoms with Crippen molar-refractivity contribution in [1.29, 1.82) is 0 Å². The molecule has 126 valence electrons. The molecule has 4 rings (SSSR count).